The average Bonchev–Trinajstić information content (AvgIpc) is 2.72. The van der Waals surface area contributed by atoms with E-state index in [-0.39, 0.29) is 11.5 Å². The third-order valence-electron chi connectivity index (χ3n) is 5.53. The van der Waals surface area contributed by atoms with Crippen LogP contribution in [0.4, 0.5) is 0 Å². The number of ketones is 1. The molecule has 1 aromatic heterocycles. The molecule has 5 heteroatoms. The molecule has 1 aromatic carbocycles. The van der Waals surface area contributed by atoms with Crippen LogP contribution >= 0.6 is 0 Å². The van der Waals surface area contributed by atoms with E-state index in [9.17, 15) is 14.7 Å². The molecule has 0 saturated heterocycles. The molecule has 0 amide bonds. The predicted molar refractivity (Wildman–Crippen MR) is 120 cm³/mol. The number of hydrogen-bond donors (Lipinski definition) is 1. The van der Waals surface area contributed by atoms with Crippen LogP contribution in [0, 0.1) is 5.92 Å². The first-order chi connectivity index (χ1) is 14.2. The molecular formula is C25H31NO4. The van der Waals surface area contributed by atoms with Gasteiger partial charge < -0.3 is 14.6 Å². The number of ether oxygens (including phenoxy) is 1. The monoisotopic (exact) mass is 409 g/mol. The molecule has 0 spiro atoms. The number of benzene rings is 1. The minimum atomic E-state index is -0.820. The molecule has 1 heterocycles. The standard InChI is InChI=1S/C25H31NO4/c1-7-15(2)10-20-12-19-13-21(29)8-9-23(19)26-25(20)16(3)11-22(17(4)18(5)28)24(14-27)30-6/h8-9,11-15,24,29H,7,10H2,1-6H3/b16-11+,22-17+. The van der Waals surface area contributed by atoms with E-state index in [4.69, 9.17) is 9.72 Å². The van der Waals surface area contributed by atoms with Crippen LogP contribution in [0.1, 0.15) is 52.3 Å². The number of carbonyl (C=O) groups excluding carboxylic acids is 2. The summed E-state index contributed by atoms with van der Waals surface area (Å²) in [6.07, 6.45) is 3.57. The Balaban J connectivity index is 2.71. The second-order valence-electron chi connectivity index (χ2n) is 7.85. The van der Waals surface area contributed by atoms with Crippen molar-refractivity contribution in [2.75, 3.05) is 7.11 Å². The number of phenols is 1. The molecule has 0 fully saturated rings. The maximum absolute atomic E-state index is 12.0. The summed E-state index contributed by atoms with van der Waals surface area (Å²) in [5.74, 6) is 0.554. The highest BCUT2D eigenvalue weighted by atomic mass is 16.5. The van der Waals surface area contributed by atoms with Crippen LogP contribution < -0.4 is 0 Å². The topological polar surface area (TPSA) is 76.5 Å². The predicted octanol–water partition coefficient (Wildman–Crippen LogP) is 5.05. The van der Waals surface area contributed by atoms with Gasteiger partial charge >= 0.3 is 0 Å². The van der Waals surface area contributed by atoms with Gasteiger partial charge in [0.15, 0.2) is 12.1 Å². The Morgan fingerprint density at radius 1 is 1.23 bits per heavy atom. The van der Waals surface area contributed by atoms with E-state index in [1.165, 1.54) is 14.0 Å². The Morgan fingerprint density at radius 3 is 2.50 bits per heavy atom. The Labute approximate surface area is 178 Å². The molecule has 0 aliphatic heterocycles. The van der Waals surface area contributed by atoms with Crippen molar-refractivity contribution in [2.45, 2.75) is 53.6 Å². The van der Waals surface area contributed by atoms with Crippen molar-refractivity contribution in [3.05, 3.63) is 52.7 Å². The summed E-state index contributed by atoms with van der Waals surface area (Å²) in [6, 6.07) is 7.18. The molecule has 2 unspecified atom stereocenters. The molecule has 2 rings (SSSR count). The van der Waals surface area contributed by atoms with Gasteiger partial charge in [-0.25, -0.2) is 4.98 Å². The van der Waals surface area contributed by atoms with Crippen LogP contribution in [0.25, 0.3) is 16.5 Å². The normalized spacial score (nSPS) is 14.9. The van der Waals surface area contributed by atoms with E-state index in [1.54, 1.807) is 25.1 Å². The fourth-order valence-corrected chi connectivity index (χ4v) is 3.39. The lowest BCUT2D eigenvalue weighted by Crippen LogP contribution is -2.18. The van der Waals surface area contributed by atoms with Gasteiger partial charge in [-0.15, -0.1) is 0 Å². The van der Waals surface area contributed by atoms with E-state index in [1.807, 2.05) is 13.0 Å². The van der Waals surface area contributed by atoms with Crippen molar-refractivity contribution in [1.82, 2.24) is 4.98 Å². The molecule has 5 nitrogen and oxygen atoms in total. The number of rotatable bonds is 9. The van der Waals surface area contributed by atoms with Crippen LogP contribution in [0.2, 0.25) is 0 Å². The zero-order valence-electron chi connectivity index (χ0n) is 18.7. The maximum Gasteiger partial charge on any atom is 0.155 e. The number of pyridine rings is 1. The number of phenolic OH excluding ortho intramolecular Hbond substituents is 1. The number of Topliss-reactive ketones (excluding diaryl/α,β-unsaturated/α-hetero) is 1. The molecular weight excluding hydrogens is 378 g/mol. The number of allylic oxidation sites excluding steroid dienone is 2. The molecule has 0 aliphatic rings. The molecule has 0 aliphatic carbocycles. The summed E-state index contributed by atoms with van der Waals surface area (Å²) < 4.78 is 5.29. The quantitative estimate of drug-likeness (QED) is 0.356. The number of methoxy groups -OCH3 is 1. The first kappa shape index (κ1) is 23.5. The highest BCUT2D eigenvalue weighted by Gasteiger charge is 2.18. The third kappa shape index (κ3) is 5.42. The number of aldehydes is 1. The van der Waals surface area contributed by atoms with Gasteiger partial charge in [-0.3, -0.25) is 4.79 Å². The van der Waals surface area contributed by atoms with Gasteiger partial charge in [0.2, 0.25) is 0 Å². The van der Waals surface area contributed by atoms with Gasteiger partial charge in [0, 0.05) is 12.5 Å². The lowest BCUT2D eigenvalue weighted by atomic mass is 9.92. The van der Waals surface area contributed by atoms with Crippen LogP contribution in [0.15, 0.2) is 41.5 Å². The fourth-order valence-electron chi connectivity index (χ4n) is 3.39. The second kappa shape index (κ2) is 10.3. The lowest BCUT2D eigenvalue weighted by molar-refractivity contribution is -0.114. The van der Waals surface area contributed by atoms with Gasteiger partial charge in [-0.05, 0) is 79.7 Å². The number of aromatic hydroxyl groups is 1. The molecule has 30 heavy (non-hydrogen) atoms. The second-order valence-corrected chi connectivity index (χ2v) is 7.85. The van der Waals surface area contributed by atoms with Crippen LogP contribution in [0.5, 0.6) is 5.75 Å². The molecule has 0 radical (unpaired) electrons. The first-order valence-corrected chi connectivity index (χ1v) is 10.2. The van der Waals surface area contributed by atoms with E-state index < -0.39 is 6.10 Å². The largest absolute Gasteiger partial charge is 0.508 e. The number of nitrogens with zero attached hydrogens (tertiary/aromatic N) is 1. The summed E-state index contributed by atoms with van der Waals surface area (Å²) in [5.41, 5.74) is 4.54. The van der Waals surface area contributed by atoms with Gasteiger partial charge in [0.05, 0.1) is 11.2 Å². The lowest BCUT2D eigenvalue weighted by Gasteiger charge is -2.17. The number of fused-ring (bicyclic) bond motifs is 1. The Morgan fingerprint density at radius 2 is 1.93 bits per heavy atom. The SMILES string of the molecule is CCC(C)Cc1cc2cc(O)ccc2nc1/C(C)=C/C(=C(/C)C(C)=O)C(C=O)OC. The fraction of sp³-hybridized carbons (Fsp3) is 0.400. The Kier molecular flexibility index (Phi) is 8.07. The Bertz CT molecular complexity index is 1000. The van der Waals surface area contributed by atoms with Gasteiger partial charge in [-0.1, -0.05) is 26.3 Å². The van der Waals surface area contributed by atoms with Crippen LogP contribution in [-0.2, 0) is 20.7 Å². The van der Waals surface area contributed by atoms with Gasteiger partial charge in [0.1, 0.15) is 11.9 Å². The average molecular weight is 410 g/mol. The van der Waals surface area contributed by atoms with Gasteiger partial charge in [0.25, 0.3) is 0 Å². The zero-order valence-corrected chi connectivity index (χ0v) is 18.7. The Hall–Kier alpha value is -2.79. The van der Waals surface area contributed by atoms with Crippen LogP contribution in [0.3, 0.4) is 0 Å². The molecule has 1 N–H and O–H groups in total. The summed E-state index contributed by atoms with van der Waals surface area (Å²) in [4.78, 5) is 28.4. The number of carbonyl (C=O) groups is 2. The highest BCUT2D eigenvalue weighted by molar-refractivity contribution is 5.95. The molecule has 160 valence electrons. The first-order valence-electron chi connectivity index (χ1n) is 10.2. The third-order valence-corrected chi connectivity index (χ3v) is 5.53. The van der Waals surface area contributed by atoms with Gasteiger partial charge in [-0.2, -0.15) is 0 Å². The minimum Gasteiger partial charge on any atom is -0.508 e. The molecule has 0 saturated carbocycles. The molecule has 2 aromatic rings. The van der Waals surface area contributed by atoms with Crippen molar-refractivity contribution in [3.63, 3.8) is 0 Å². The maximum atomic E-state index is 12.0. The zero-order chi connectivity index (χ0) is 22.4. The van der Waals surface area contributed by atoms with Crippen molar-refractivity contribution in [2.24, 2.45) is 5.92 Å². The van der Waals surface area contributed by atoms with E-state index in [2.05, 4.69) is 19.9 Å². The van der Waals surface area contributed by atoms with E-state index in [0.29, 0.717) is 23.4 Å². The summed E-state index contributed by atoms with van der Waals surface area (Å²) in [7, 11) is 1.45. The van der Waals surface area contributed by atoms with Crippen molar-refractivity contribution in [3.8, 4) is 5.75 Å². The minimum absolute atomic E-state index is 0.111. The van der Waals surface area contributed by atoms with E-state index in [0.717, 1.165) is 40.6 Å². The molecule has 2 atom stereocenters. The van der Waals surface area contributed by atoms with Crippen LogP contribution in [-0.4, -0.2) is 35.4 Å². The number of aromatic nitrogens is 1. The van der Waals surface area contributed by atoms with Crippen molar-refractivity contribution < 1.29 is 19.4 Å². The highest BCUT2D eigenvalue weighted by Crippen LogP contribution is 2.29. The summed E-state index contributed by atoms with van der Waals surface area (Å²) in [5, 5.41) is 10.7. The smallest absolute Gasteiger partial charge is 0.155 e. The summed E-state index contributed by atoms with van der Waals surface area (Å²) >= 11 is 0. The van der Waals surface area contributed by atoms with E-state index >= 15 is 0 Å². The summed E-state index contributed by atoms with van der Waals surface area (Å²) in [6.45, 7) is 9.45. The van der Waals surface area contributed by atoms with Crippen molar-refractivity contribution in [1.29, 1.82) is 0 Å². The number of hydrogen-bond acceptors (Lipinski definition) is 5. The van der Waals surface area contributed by atoms with Crippen molar-refractivity contribution >= 4 is 28.5 Å². The molecule has 0 bridgehead atoms.